The van der Waals surface area contributed by atoms with Crippen LogP contribution in [0.25, 0.3) is 0 Å². The van der Waals surface area contributed by atoms with E-state index in [0.717, 1.165) is 24.9 Å². The van der Waals surface area contributed by atoms with E-state index in [2.05, 4.69) is 10.4 Å². The van der Waals surface area contributed by atoms with E-state index in [1.807, 2.05) is 0 Å². The Morgan fingerprint density at radius 2 is 2.20 bits per heavy atom. The minimum atomic E-state index is 0.386. The lowest BCUT2D eigenvalue weighted by Crippen LogP contribution is -2.58. The summed E-state index contributed by atoms with van der Waals surface area (Å²) in [5.74, 6) is 1.77. The molecule has 4 heteroatoms. The van der Waals surface area contributed by atoms with Crippen molar-refractivity contribution in [3.8, 4) is 0 Å². The summed E-state index contributed by atoms with van der Waals surface area (Å²) in [6.45, 7) is 2.12. The number of hydrogen-bond acceptors (Lipinski definition) is 4. The van der Waals surface area contributed by atoms with Gasteiger partial charge in [-0.05, 0) is 31.1 Å². The first kappa shape index (κ1) is 8.93. The average Bonchev–Trinajstić information content (AvgIpc) is 3.11. The zero-order valence-corrected chi connectivity index (χ0v) is 9.11. The SMILES string of the molecule is CON1CCC2(CC1)N[C@H]1OC1[C@@H]1CC12. The van der Waals surface area contributed by atoms with Crippen LogP contribution in [0.1, 0.15) is 19.3 Å². The van der Waals surface area contributed by atoms with Gasteiger partial charge < -0.3 is 9.57 Å². The largest absolute Gasteiger partial charge is 0.353 e. The summed E-state index contributed by atoms with van der Waals surface area (Å²) in [5.41, 5.74) is 0.386. The molecule has 3 saturated heterocycles. The van der Waals surface area contributed by atoms with Gasteiger partial charge >= 0.3 is 0 Å². The number of fused-ring (bicyclic) bond motifs is 4. The van der Waals surface area contributed by atoms with Crippen LogP contribution >= 0.6 is 0 Å². The van der Waals surface area contributed by atoms with Crippen molar-refractivity contribution >= 4 is 0 Å². The van der Waals surface area contributed by atoms with Crippen LogP contribution in [-0.4, -0.2) is 43.1 Å². The molecule has 0 aromatic rings. The number of nitrogens with zero attached hydrogens (tertiary/aromatic N) is 1. The van der Waals surface area contributed by atoms with E-state index in [0.29, 0.717) is 17.9 Å². The molecule has 0 bridgehead atoms. The first-order chi connectivity index (χ1) is 7.32. The number of hydroxylamine groups is 2. The minimum absolute atomic E-state index is 0.386. The van der Waals surface area contributed by atoms with Gasteiger partial charge in [0.15, 0.2) is 0 Å². The van der Waals surface area contributed by atoms with Gasteiger partial charge in [0.1, 0.15) is 12.3 Å². The number of ether oxygens (including phenoxy) is 1. The number of nitrogens with one attached hydrogen (secondary N) is 1. The van der Waals surface area contributed by atoms with Crippen molar-refractivity contribution in [3.05, 3.63) is 0 Å². The number of rotatable bonds is 1. The first-order valence-corrected chi connectivity index (χ1v) is 6.05. The third kappa shape index (κ3) is 1.16. The second-order valence-electron chi connectivity index (χ2n) is 5.44. The molecule has 15 heavy (non-hydrogen) atoms. The summed E-state index contributed by atoms with van der Waals surface area (Å²) in [7, 11) is 1.77. The van der Waals surface area contributed by atoms with Gasteiger partial charge in [-0.2, -0.15) is 5.06 Å². The van der Waals surface area contributed by atoms with Crippen molar-refractivity contribution in [3.63, 3.8) is 0 Å². The van der Waals surface area contributed by atoms with Crippen molar-refractivity contribution in [2.45, 2.75) is 37.1 Å². The number of epoxide rings is 1. The summed E-state index contributed by atoms with van der Waals surface area (Å²) in [6.07, 6.45) is 4.79. The molecule has 4 rings (SSSR count). The van der Waals surface area contributed by atoms with Gasteiger partial charge in [-0.3, -0.25) is 5.32 Å². The fraction of sp³-hybridized carbons (Fsp3) is 1.00. The molecule has 84 valence electrons. The third-order valence-electron chi connectivity index (χ3n) is 4.80. The summed E-state index contributed by atoms with van der Waals surface area (Å²) in [5, 5.41) is 5.81. The molecular formula is C11H18N2O2. The standard InChI is InChI=1S/C11H18N2O2/c1-14-13-4-2-11(3-5-13)8-6-7(8)9-10(12-11)15-9/h7-10,12H,2-6H2,1H3/t7-,8?,9?,10+/m1/s1. The van der Waals surface area contributed by atoms with Crippen LogP contribution in [0.5, 0.6) is 0 Å². The molecule has 1 aliphatic carbocycles. The molecule has 0 radical (unpaired) electrons. The molecule has 4 aliphatic rings. The molecule has 0 amide bonds. The Hall–Kier alpha value is -0.160. The van der Waals surface area contributed by atoms with Crippen LogP contribution in [0, 0.1) is 11.8 Å². The maximum Gasteiger partial charge on any atom is 0.135 e. The van der Waals surface area contributed by atoms with E-state index in [9.17, 15) is 0 Å². The second-order valence-corrected chi connectivity index (χ2v) is 5.44. The smallest absolute Gasteiger partial charge is 0.135 e. The lowest BCUT2D eigenvalue weighted by atomic mass is 9.80. The van der Waals surface area contributed by atoms with E-state index in [4.69, 9.17) is 9.57 Å². The van der Waals surface area contributed by atoms with Gasteiger partial charge in [-0.1, -0.05) is 0 Å². The summed E-state index contributed by atoms with van der Waals surface area (Å²) < 4.78 is 5.66. The lowest BCUT2D eigenvalue weighted by molar-refractivity contribution is -0.155. The maximum atomic E-state index is 5.66. The molecule has 4 fully saturated rings. The average molecular weight is 210 g/mol. The Morgan fingerprint density at radius 3 is 2.93 bits per heavy atom. The Balaban J connectivity index is 1.52. The molecule has 4 nitrogen and oxygen atoms in total. The Labute approximate surface area is 89.9 Å². The molecule has 3 aliphatic heterocycles. The van der Waals surface area contributed by atoms with Crippen molar-refractivity contribution in [2.24, 2.45) is 11.8 Å². The number of piperidine rings is 2. The Kier molecular flexibility index (Phi) is 1.63. The van der Waals surface area contributed by atoms with Gasteiger partial charge in [-0.25, -0.2) is 0 Å². The van der Waals surface area contributed by atoms with E-state index >= 15 is 0 Å². The topological polar surface area (TPSA) is 37.0 Å². The van der Waals surface area contributed by atoms with E-state index in [1.54, 1.807) is 7.11 Å². The molecule has 0 aromatic carbocycles. The fourth-order valence-electron chi connectivity index (χ4n) is 3.75. The van der Waals surface area contributed by atoms with Crippen LogP contribution < -0.4 is 5.32 Å². The summed E-state index contributed by atoms with van der Waals surface area (Å²) in [4.78, 5) is 5.29. The molecule has 0 aromatic heterocycles. The van der Waals surface area contributed by atoms with Crippen LogP contribution in [0.4, 0.5) is 0 Å². The number of hydrogen-bond donors (Lipinski definition) is 1. The predicted octanol–water partition coefficient (Wildman–Crippen LogP) is 0.347. The lowest BCUT2D eigenvalue weighted by Gasteiger charge is -2.43. The second kappa shape index (κ2) is 2.74. The summed E-state index contributed by atoms with van der Waals surface area (Å²) in [6, 6.07) is 0. The van der Waals surface area contributed by atoms with E-state index in [-0.39, 0.29) is 0 Å². The molecule has 1 saturated carbocycles. The highest BCUT2D eigenvalue weighted by Crippen LogP contribution is 2.60. The quantitative estimate of drug-likeness (QED) is 0.634. The van der Waals surface area contributed by atoms with Gasteiger partial charge in [0, 0.05) is 18.6 Å². The molecule has 3 heterocycles. The van der Waals surface area contributed by atoms with Crippen LogP contribution in [0.15, 0.2) is 0 Å². The highest BCUT2D eigenvalue weighted by atomic mass is 16.7. The first-order valence-electron chi connectivity index (χ1n) is 6.05. The maximum absolute atomic E-state index is 5.66. The predicted molar refractivity (Wildman–Crippen MR) is 53.9 cm³/mol. The normalized spacial score (nSPS) is 51.0. The fourth-order valence-corrected chi connectivity index (χ4v) is 3.75. The van der Waals surface area contributed by atoms with Gasteiger partial charge in [0.25, 0.3) is 0 Å². The molecule has 2 unspecified atom stereocenters. The molecule has 1 spiro atoms. The van der Waals surface area contributed by atoms with Crippen molar-refractivity contribution in [1.82, 2.24) is 10.4 Å². The van der Waals surface area contributed by atoms with E-state index in [1.165, 1.54) is 19.3 Å². The highest BCUT2D eigenvalue weighted by molar-refractivity contribution is 5.18. The van der Waals surface area contributed by atoms with Crippen LogP contribution in [0.3, 0.4) is 0 Å². The highest BCUT2D eigenvalue weighted by Gasteiger charge is 2.68. The molecule has 1 N–H and O–H groups in total. The van der Waals surface area contributed by atoms with Crippen molar-refractivity contribution in [2.75, 3.05) is 20.2 Å². The van der Waals surface area contributed by atoms with Crippen molar-refractivity contribution in [1.29, 1.82) is 0 Å². The Morgan fingerprint density at radius 1 is 1.40 bits per heavy atom. The third-order valence-corrected chi connectivity index (χ3v) is 4.80. The van der Waals surface area contributed by atoms with Crippen LogP contribution in [0.2, 0.25) is 0 Å². The Bertz CT molecular complexity index is 288. The van der Waals surface area contributed by atoms with Gasteiger partial charge in [0.05, 0.1) is 7.11 Å². The van der Waals surface area contributed by atoms with Gasteiger partial charge in [-0.15, -0.1) is 0 Å². The van der Waals surface area contributed by atoms with Crippen molar-refractivity contribution < 1.29 is 9.57 Å². The van der Waals surface area contributed by atoms with Crippen LogP contribution in [-0.2, 0) is 9.57 Å². The zero-order chi connectivity index (χ0) is 10.0. The molecule has 4 atom stereocenters. The van der Waals surface area contributed by atoms with E-state index < -0.39 is 0 Å². The zero-order valence-electron chi connectivity index (χ0n) is 9.11. The monoisotopic (exact) mass is 210 g/mol. The molecular weight excluding hydrogens is 192 g/mol. The summed E-state index contributed by atoms with van der Waals surface area (Å²) >= 11 is 0. The minimum Gasteiger partial charge on any atom is -0.353 e. The van der Waals surface area contributed by atoms with Gasteiger partial charge in [0.2, 0.25) is 0 Å².